The lowest BCUT2D eigenvalue weighted by Gasteiger charge is -2.34. The molecular formula is C15H31N3O. The zero-order valence-corrected chi connectivity index (χ0v) is 13.0. The molecule has 1 amide bonds. The van der Waals surface area contributed by atoms with Gasteiger partial charge in [0, 0.05) is 25.6 Å². The van der Waals surface area contributed by atoms with E-state index in [1.807, 2.05) is 4.90 Å². The largest absolute Gasteiger partial charge is 0.343 e. The standard InChI is InChI=1S/C15H31N3O/c1-4-17(5-2)15(19)8-7-13-18(6-3)14-9-11-16-12-10-14/h14,16H,4-13H2,1-3H3. The second kappa shape index (κ2) is 9.32. The van der Waals surface area contributed by atoms with Gasteiger partial charge in [-0.25, -0.2) is 0 Å². The van der Waals surface area contributed by atoms with Crippen LogP contribution in [0.2, 0.25) is 0 Å². The highest BCUT2D eigenvalue weighted by Crippen LogP contribution is 2.12. The van der Waals surface area contributed by atoms with Crippen LogP contribution in [0.4, 0.5) is 0 Å². The molecule has 0 radical (unpaired) electrons. The van der Waals surface area contributed by atoms with Gasteiger partial charge < -0.3 is 15.1 Å². The number of carbonyl (C=O) groups excluding carboxylic acids is 1. The average Bonchev–Trinajstić information content (AvgIpc) is 2.46. The first-order chi connectivity index (χ1) is 9.22. The normalized spacial score (nSPS) is 16.8. The van der Waals surface area contributed by atoms with E-state index >= 15 is 0 Å². The summed E-state index contributed by atoms with van der Waals surface area (Å²) in [4.78, 5) is 16.4. The van der Waals surface area contributed by atoms with Crippen molar-refractivity contribution in [2.75, 3.05) is 39.3 Å². The van der Waals surface area contributed by atoms with Crippen molar-refractivity contribution in [2.24, 2.45) is 0 Å². The number of nitrogens with zero attached hydrogens (tertiary/aromatic N) is 2. The number of nitrogens with one attached hydrogen (secondary N) is 1. The fourth-order valence-corrected chi connectivity index (χ4v) is 2.94. The van der Waals surface area contributed by atoms with E-state index in [4.69, 9.17) is 0 Å². The molecule has 0 spiro atoms. The van der Waals surface area contributed by atoms with E-state index in [1.165, 1.54) is 12.8 Å². The van der Waals surface area contributed by atoms with Crippen molar-refractivity contribution >= 4 is 5.91 Å². The Hall–Kier alpha value is -0.610. The second-order valence-corrected chi connectivity index (χ2v) is 5.28. The van der Waals surface area contributed by atoms with Crippen LogP contribution in [-0.2, 0) is 4.79 Å². The highest BCUT2D eigenvalue weighted by molar-refractivity contribution is 5.76. The van der Waals surface area contributed by atoms with E-state index in [0.29, 0.717) is 12.3 Å². The molecule has 0 aromatic heterocycles. The zero-order chi connectivity index (χ0) is 14.1. The number of piperidine rings is 1. The molecule has 0 unspecified atom stereocenters. The van der Waals surface area contributed by atoms with E-state index < -0.39 is 0 Å². The monoisotopic (exact) mass is 269 g/mol. The Labute approximate surface area is 118 Å². The molecule has 0 aromatic carbocycles. The van der Waals surface area contributed by atoms with E-state index in [2.05, 4.69) is 31.0 Å². The molecule has 0 aromatic rings. The summed E-state index contributed by atoms with van der Waals surface area (Å²) in [6.45, 7) is 12.4. The maximum atomic E-state index is 11.9. The van der Waals surface area contributed by atoms with Crippen LogP contribution in [0.1, 0.15) is 46.5 Å². The van der Waals surface area contributed by atoms with Gasteiger partial charge in [-0.15, -0.1) is 0 Å². The second-order valence-electron chi connectivity index (χ2n) is 5.28. The molecule has 0 aliphatic carbocycles. The molecule has 1 fully saturated rings. The van der Waals surface area contributed by atoms with Gasteiger partial charge >= 0.3 is 0 Å². The quantitative estimate of drug-likeness (QED) is 0.728. The van der Waals surface area contributed by atoms with Gasteiger partial charge in [0.2, 0.25) is 5.91 Å². The van der Waals surface area contributed by atoms with E-state index in [1.54, 1.807) is 0 Å². The van der Waals surface area contributed by atoms with E-state index in [-0.39, 0.29) is 0 Å². The minimum absolute atomic E-state index is 0.311. The number of hydrogen-bond donors (Lipinski definition) is 1. The fourth-order valence-electron chi connectivity index (χ4n) is 2.94. The molecule has 1 aliphatic heterocycles. The van der Waals surface area contributed by atoms with Crippen LogP contribution in [0.5, 0.6) is 0 Å². The number of hydrogen-bond acceptors (Lipinski definition) is 3. The Morgan fingerprint density at radius 2 is 1.74 bits per heavy atom. The molecule has 1 N–H and O–H groups in total. The Balaban J connectivity index is 2.27. The van der Waals surface area contributed by atoms with Crippen molar-refractivity contribution < 1.29 is 4.79 Å². The van der Waals surface area contributed by atoms with Crippen LogP contribution in [-0.4, -0.2) is 61.0 Å². The third kappa shape index (κ3) is 5.49. The number of rotatable bonds is 8. The predicted molar refractivity (Wildman–Crippen MR) is 80.3 cm³/mol. The van der Waals surface area contributed by atoms with Crippen LogP contribution in [0, 0.1) is 0 Å². The van der Waals surface area contributed by atoms with Crippen molar-refractivity contribution in [3.8, 4) is 0 Å². The summed E-state index contributed by atoms with van der Waals surface area (Å²) < 4.78 is 0. The highest BCUT2D eigenvalue weighted by Gasteiger charge is 2.19. The first-order valence-electron chi connectivity index (χ1n) is 7.95. The molecule has 1 rings (SSSR count). The zero-order valence-electron chi connectivity index (χ0n) is 13.0. The molecule has 0 atom stereocenters. The third-order valence-electron chi connectivity index (χ3n) is 4.18. The topological polar surface area (TPSA) is 35.6 Å². The summed E-state index contributed by atoms with van der Waals surface area (Å²) in [6.07, 6.45) is 4.19. The Kier molecular flexibility index (Phi) is 8.07. The Bertz CT molecular complexity index is 248. The van der Waals surface area contributed by atoms with Crippen LogP contribution in [0.25, 0.3) is 0 Å². The van der Waals surface area contributed by atoms with Crippen molar-refractivity contribution in [3.05, 3.63) is 0 Å². The van der Waals surface area contributed by atoms with Crippen molar-refractivity contribution in [3.63, 3.8) is 0 Å². The van der Waals surface area contributed by atoms with Gasteiger partial charge in [-0.1, -0.05) is 6.92 Å². The Morgan fingerprint density at radius 3 is 2.26 bits per heavy atom. The molecule has 0 saturated carbocycles. The van der Waals surface area contributed by atoms with Gasteiger partial charge in [-0.2, -0.15) is 0 Å². The smallest absolute Gasteiger partial charge is 0.222 e. The van der Waals surface area contributed by atoms with E-state index in [9.17, 15) is 4.79 Å². The highest BCUT2D eigenvalue weighted by atomic mass is 16.2. The SMILES string of the molecule is CCN(CC)C(=O)CCCN(CC)C1CCNCC1. The molecule has 19 heavy (non-hydrogen) atoms. The van der Waals surface area contributed by atoms with Gasteiger partial charge in [0.05, 0.1) is 0 Å². The van der Waals surface area contributed by atoms with Crippen LogP contribution in [0.3, 0.4) is 0 Å². The van der Waals surface area contributed by atoms with Crippen LogP contribution >= 0.6 is 0 Å². The summed E-state index contributed by atoms with van der Waals surface area (Å²) in [6, 6.07) is 0.717. The van der Waals surface area contributed by atoms with E-state index in [0.717, 1.165) is 51.7 Å². The summed E-state index contributed by atoms with van der Waals surface area (Å²) in [5, 5.41) is 3.41. The number of carbonyl (C=O) groups is 1. The lowest BCUT2D eigenvalue weighted by atomic mass is 10.0. The fraction of sp³-hybridized carbons (Fsp3) is 0.933. The maximum absolute atomic E-state index is 11.9. The first kappa shape index (κ1) is 16.4. The van der Waals surface area contributed by atoms with Crippen molar-refractivity contribution in [1.29, 1.82) is 0 Å². The van der Waals surface area contributed by atoms with Gasteiger partial charge in [-0.05, 0) is 59.3 Å². The predicted octanol–water partition coefficient (Wildman–Crippen LogP) is 1.71. The molecule has 1 saturated heterocycles. The Morgan fingerprint density at radius 1 is 1.11 bits per heavy atom. The maximum Gasteiger partial charge on any atom is 0.222 e. The minimum atomic E-state index is 0.311. The molecule has 4 nitrogen and oxygen atoms in total. The molecule has 1 heterocycles. The average molecular weight is 269 g/mol. The van der Waals surface area contributed by atoms with Crippen LogP contribution < -0.4 is 5.32 Å². The lowest BCUT2D eigenvalue weighted by molar-refractivity contribution is -0.131. The summed E-state index contributed by atoms with van der Waals surface area (Å²) in [5.74, 6) is 0.311. The molecule has 4 heteroatoms. The summed E-state index contributed by atoms with van der Waals surface area (Å²) in [7, 11) is 0. The molecule has 112 valence electrons. The van der Waals surface area contributed by atoms with Gasteiger partial charge in [-0.3, -0.25) is 4.79 Å². The van der Waals surface area contributed by atoms with Crippen LogP contribution in [0.15, 0.2) is 0 Å². The lowest BCUT2D eigenvalue weighted by Crippen LogP contribution is -2.43. The molecule has 0 bridgehead atoms. The van der Waals surface area contributed by atoms with Gasteiger partial charge in [0.25, 0.3) is 0 Å². The van der Waals surface area contributed by atoms with Gasteiger partial charge in [0.1, 0.15) is 0 Å². The number of amides is 1. The molecular weight excluding hydrogens is 238 g/mol. The van der Waals surface area contributed by atoms with Crippen molar-refractivity contribution in [2.45, 2.75) is 52.5 Å². The first-order valence-corrected chi connectivity index (χ1v) is 7.95. The van der Waals surface area contributed by atoms with Crippen molar-refractivity contribution in [1.82, 2.24) is 15.1 Å². The van der Waals surface area contributed by atoms with Gasteiger partial charge in [0.15, 0.2) is 0 Å². The molecule has 1 aliphatic rings. The summed E-state index contributed by atoms with van der Waals surface area (Å²) in [5.41, 5.74) is 0. The minimum Gasteiger partial charge on any atom is -0.343 e. The third-order valence-corrected chi connectivity index (χ3v) is 4.18. The summed E-state index contributed by atoms with van der Waals surface area (Å²) >= 11 is 0.